The molecule has 1 aromatic carbocycles. The molecular weight excluding hydrogens is 256 g/mol. The molecule has 1 aromatic rings. The molecule has 0 aliphatic carbocycles. The summed E-state index contributed by atoms with van der Waals surface area (Å²) in [6.07, 6.45) is 1.52. The second-order valence-corrected chi connectivity index (χ2v) is 4.82. The standard InChI is InChI=1S/C14H20N4O2/c15-10-13(19)18-8-6-12(7-9-18)17-14(20)16-11-4-2-1-3-5-11/h1-5,12H,6-10,15H2,(H2,16,17,20). The molecule has 6 heteroatoms. The number of carbonyl (C=O) groups excluding carboxylic acids is 2. The average Bonchev–Trinajstić information content (AvgIpc) is 2.48. The molecule has 6 nitrogen and oxygen atoms in total. The summed E-state index contributed by atoms with van der Waals surface area (Å²) in [5, 5.41) is 5.71. The highest BCUT2D eigenvalue weighted by atomic mass is 16.2. The Balaban J connectivity index is 1.75. The molecule has 0 radical (unpaired) electrons. The van der Waals surface area contributed by atoms with Crippen molar-refractivity contribution in [2.75, 3.05) is 25.0 Å². The van der Waals surface area contributed by atoms with Crippen LogP contribution in [0.25, 0.3) is 0 Å². The quantitative estimate of drug-likeness (QED) is 0.761. The van der Waals surface area contributed by atoms with Gasteiger partial charge >= 0.3 is 6.03 Å². The predicted molar refractivity (Wildman–Crippen MR) is 77.3 cm³/mol. The van der Waals surface area contributed by atoms with Crippen molar-refractivity contribution in [3.05, 3.63) is 30.3 Å². The molecule has 0 unspecified atom stereocenters. The number of nitrogens with two attached hydrogens (primary N) is 1. The van der Waals surface area contributed by atoms with Crippen LogP contribution < -0.4 is 16.4 Å². The SMILES string of the molecule is NCC(=O)N1CCC(NC(=O)Nc2ccccc2)CC1. The van der Waals surface area contributed by atoms with Crippen molar-refractivity contribution in [2.24, 2.45) is 5.73 Å². The zero-order valence-corrected chi connectivity index (χ0v) is 11.3. The van der Waals surface area contributed by atoms with Gasteiger partial charge in [0, 0.05) is 24.8 Å². The first kappa shape index (κ1) is 14.3. The Kier molecular flexibility index (Phi) is 4.95. The van der Waals surface area contributed by atoms with E-state index in [0.717, 1.165) is 18.5 Å². The van der Waals surface area contributed by atoms with Crippen LogP contribution in [0.3, 0.4) is 0 Å². The third kappa shape index (κ3) is 3.96. The highest BCUT2D eigenvalue weighted by Crippen LogP contribution is 2.11. The fourth-order valence-corrected chi connectivity index (χ4v) is 2.28. The van der Waals surface area contributed by atoms with Crippen molar-refractivity contribution in [1.82, 2.24) is 10.2 Å². The van der Waals surface area contributed by atoms with Gasteiger partial charge in [0.25, 0.3) is 0 Å². The first-order valence-electron chi connectivity index (χ1n) is 6.79. The molecule has 3 amide bonds. The minimum Gasteiger partial charge on any atom is -0.341 e. The molecule has 20 heavy (non-hydrogen) atoms. The van der Waals surface area contributed by atoms with Crippen molar-refractivity contribution >= 4 is 17.6 Å². The number of nitrogens with one attached hydrogen (secondary N) is 2. The van der Waals surface area contributed by atoms with Crippen LogP contribution in [0.2, 0.25) is 0 Å². The van der Waals surface area contributed by atoms with Crippen LogP contribution >= 0.6 is 0 Å². The van der Waals surface area contributed by atoms with E-state index in [2.05, 4.69) is 10.6 Å². The Morgan fingerprint density at radius 2 is 1.85 bits per heavy atom. The topological polar surface area (TPSA) is 87.5 Å². The van der Waals surface area contributed by atoms with Gasteiger partial charge in [0.15, 0.2) is 0 Å². The van der Waals surface area contributed by atoms with Crippen LogP contribution in [0.15, 0.2) is 30.3 Å². The fraction of sp³-hybridized carbons (Fsp3) is 0.429. The van der Waals surface area contributed by atoms with Gasteiger partial charge < -0.3 is 21.3 Å². The van der Waals surface area contributed by atoms with Crippen LogP contribution in [0.5, 0.6) is 0 Å². The minimum absolute atomic E-state index is 0.0304. The second kappa shape index (κ2) is 6.91. The largest absolute Gasteiger partial charge is 0.341 e. The first-order valence-corrected chi connectivity index (χ1v) is 6.79. The van der Waals surface area contributed by atoms with Crippen molar-refractivity contribution < 1.29 is 9.59 Å². The number of benzene rings is 1. The molecule has 108 valence electrons. The summed E-state index contributed by atoms with van der Waals surface area (Å²) >= 11 is 0. The Labute approximate surface area is 118 Å². The van der Waals surface area contributed by atoms with Gasteiger partial charge in [-0.15, -0.1) is 0 Å². The highest BCUT2D eigenvalue weighted by Gasteiger charge is 2.22. The van der Waals surface area contributed by atoms with E-state index in [9.17, 15) is 9.59 Å². The van der Waals surface area contributed by atoms with Crippen molar-refractivity contribution in [1.29, 1.82) is 0 Å². The first-order chi connectivity index (χ1) is 9.69. The summed E-state index contributed by atoms with van der Waals surface area (Å²) in [5.41, 5.74) is 6.10. The van der Waals surface area contributed by atoms with E-state index in [1.807, 2.05) is 30.3 Å². The molecule has 1 saturated heterocycles. The molecule has 0 aromatic heterocycles. The highest BCUT2D eigenvalue weighted by molar-refractivity contribution is 5.89. The van der Waals surface area contributed by atoms with Gasteiger partial charge in [-0.05, 0) is 25.0 Å². The molecule has 1 heterocycles. The predicted octanol–water partition coefficient (Wildman–Crippen LogP) is 0.758. The molecule has 2 rings (SSSR count). The normalized spacial score (nSPS) is 15.8. The second-order valence-electron chi connectivity index (χ2n) is 4.82. The van der Waals surface area contributed by atoms with E-state index in [4.69, 9.17) is 5.73 Å². The van der Waals surface area contributed by atoms with Gasteiger partial charge in [0.2, 0.25) is 5.91 Å². The third-order valence-electron chi connectivity index (χ3n) is 3.39. The van der Waals surface area contributed by atoms with Gasteiger partial charge in [-0.25, -0.2) is 4.79 Å². The van der Waals surface area contributed by atoms with Gasteiger partial charge in [-0.1, -0.05) is 18.2 Å². The molecule has 0 saturated carbocycles. The maximum atomic E-state index is 11.8. The number of rotatable bonds is 3. The Bertz CT molecular complexity index is 456. The zero-order chi connectivity index (χ0) is 14.4. The lowest BCUT2D eigenvalue weighted by Gasteiger charge is -2.32. The maximum Gasteiger partial charge on any atom is 0.319 e. The van der Waals surface area contributed by atoms with E-state index in [0.29, 0.717) is 13.1 Å². The number of para-hydroxylation sites is 1. The summed E-state index contributed by atoms with van der Waals surface area (Å²) < 4.78 is 0. The van der Waals surface area contributed by atoms with E-state index >= 15 is 0 Å². The third-order valence-corrected chi connectivity index (χ3v) is 3.39. The zero-order valence-electron chi connectivity index (χ0n) is 11.3. The van der Waals surface area contributed by atoms with Crippen molar-refractivity contribution in [3.63, 3.8) is 0 Å². The number of likely N-dealkylation sites (tertiary alicyclic amines) is 1. The molecule has 1 aliphatic heterocycles. The molecule has 0 atom stereocenters. The lowest BCUT2D eigenvalue weighted by Crippen LogP contribution is -2.48. The number of anilines is 1. The van der Waals surface area contributed by atoms with Crippen molar-refractivity contribution in [3.8, 4) is 0 Å². The summed E-state index contributed by atoms with van der Waals surface area (Å²) in [6, 6.07) is 9.19. The monoisotopic (exact) mass is 276 g/mol. The molecule has 1 fully saturated rings. The number of hydrogen-bond acceptors (Lipinski definition) is 3. The number of amides is 3. The Hall–Kier alpha value is -2.08. The van der Waals surface area contributed by atoms with Crippen molar-refractivity contribution in [2.45, 2.75) is 18.9 Å². The van der Waals surface area contributed by atoms with Crippen LogP contribution in [-0.2, 0) is 4.79 Å². The fourth-order valence-electron chi connectivity index (χ4n) is 2.28. The van der Waals surface area contributed by atoms with E-state index in [1.54, 1.807) is 4.90 Å². The number of piperidine rings is 1. The number of urea groups is 1. The summed E-state index contributed by atoms with van der Waals surface area (Å²) in [7, 11) is 0. The lowest BCUT2D eigenvalue weighted by atomic mass is 10.1. The minimum atomic E-state index is -0.209. The molecule has 0 spiro atoms. The van der Waals surface area contributed by atoms with Gasteiger partial charge in [0.1, 0.15) is 0 Å². The van der Waals surface area contributed by atoms with E-state index < -0.39 is 0 Å². The van der Waals surface area contributed by atoms with Crippen LogP contribution in [0.4, 0.5) is 10.5 Å². The number of hydrogen-bond donors (Lipinski definition) is 3. The van der Waals surface area contributed by atoms with Gasteiger partial charge in [0.05, 0.1) is 6.54 Å². The maximum absolute atomic E-state index is 11.8. The van der Waals surface area contributed by atoms with Crippen LogP contribution in [0.1, 0.15) is 12.8 Å². The van der Waals surface area contributed by atoms with Crippen LogP contribution in [-0.4, -0.2) is 42.5 Å². The summed E-state index contributed by atoms with van der Waals surface area (Å²) in [4.78, 5) is 25.0. The average molecular weight is 276 g/mol. The number of carbonyl (C=O) groups is 2. The number of nitrogens with zero attached hydrogens (tertiary/aromatic N) is 1. The molecule has 4 N–H and O–H groups in total. The Morgan fingerprint density at radius 1 is 1.20 bits per heavy atom. The summed E-state index contributed by atoms with van der Waals surface area (Å²) in [5.74, 6) is -0.0304. The lowest BCUT2D eigenvalue weighted by molar-refractivity contribution is -0.130. The Morgan fingerprint density at radius 3 is 2.45 bits per heavy atom. The van der Waals surface area contributed by atoms with E-state index in [1.165, 1.54) is 0 Å². The molecule has 0 bridgehead atoms. The van der Waals surface area contributed by atoms with Gasteiger partial charge in [-0.3, -0.25) is 4.79 Å². The molecular formula is C14H20N4O2. The summed E-state index contributed by atoms with van der Waals surface area (Å²) in [6.45, 7) is 1.34. The van der Waals surface area contributed by atoms with Crippen LogP contribution in [0, 0.1) is 0 Å². The smallest absolute Gasteiger partial charge is 0.319 e. The molecule has 1 aliphatic rings. The van der Waals surface area contributed by atoms with Gasteiger partial charge in [-0.2, -0.15) is 0 Å². The van der Waals surface area contributed by atoms with E-state index in [-0.39, 0.29) is 24.5 Å².